The van der Waals surface area contributed by atoms with Crippen molar-refractivity contribution in [3.63, 3.8) is 0 Å². The van der Waals surface area contributed by atoms with Gasteiger partial charge in [0.05, 0.1) is 19.5 Å². The number of nitrogens with one attached hydrogen (secondary N) is 3. The van der Waals surface area contributed by atoms with E-state index in [1.807, 2.05) is 98.8 Å². The number of thioether (sulfide) groups is 1. The molecule has 0 radical (unpaired) electrons. The molecule has 5 N–H and O–H groups in total. The first-order valence-corrected chi connectivity index (χ1v) is 18.9. The maximum Gasteiger partial charge on any atom is 0.407 e. The fraction of sp³-hybridized carbons (Fsp3) is 0.333. The average Bonchev–Trinajstić information content (AvgIpc) is 3.49. The van der Waals surface area contributed by atoms with Gasteiger partial charge in [-0.1, -0.05) is 86.6 Å². The van der Waals surface area contributed by atoms with E-state index in [4.69, 9.17) is 19.9 Å². The molecule has 0 saturated carbocycles. The topological polar surface area (TPSA) is 158 Å². The number of nitrogens with two attached hydrogens (primary N) is 1. The van der Waals surface area contributed by atoms with Crippen molar-refractivity contribution < 1.29 is 33.4 Å². The molecule has 3 atom stereocenters. The SMILES string of the molecule is COc1ccc(C(SC[C@H](NC(=O)[C@H](C)NC(=O)OCC2c3ccccc3-c3ccccc32)C(=O)N[C@@H](CC(C)C)C(N)=O)c2ccc(OC)cc2)cc1. The van der Waals surface area contributed by atoms with Crippen LogP contribution in [0.3, 0.4) is 0 Å². The van der Waals surface area contributed by atoms with Crippen LogP contribution in [-0.4, -0.2) is 68.5 Å². The summed E-state index contributed by atoms with van der Waals surface area (Å²) >= 11 is 1.43. The van der Waals surface area contributed by atoms with Gasteiger partial charge < -0.3 is 35.9 Å². The molecule has 1 aliphatic rings. The molecular weight excluding hydrogens is 705 g/mol. The van der Waals surface area contributed by atoms with Crippen LogP contribution in [0.2, 0.25) is 0 Å². The van der Waals surface area contributed by atoms with Crippen molar-refractivity contribution in [1.82, 2.24) is 16.0 Å². The Hall–Kier alpha value is -5.49. The molecule has 0 unspecified atom stereocenters. The van der Waals surface area contributed by atoms with E-state index in [0.29, 0.717) is 17.9 Å². The van der Waals surface area contributed by atoms with Gasteiger partial charge in [-0.25, -0.2) is 4.79 Å². The lowest BCUT2D eigenvalue weighted by molar-refractivity contribution is -0.131. The molecule has 0 spiro atoms. The fourth-order valence-corrected chi connectivity index (χ4v) is 7.81. The van der Waals surface area contributed by atoms with Crippen molar-refractivity contribution in [1.29, 1.82) is 0 Å². The molecule has 54 heavy (non-hydrogen) atoms. The van der Waals surface area contributed by atoms with Crippen LogP contribution in [0.1, 0.15) is 60.6 Å². The van der Waals surface area contributed by atoms with E-state index in [2.05, 4.69) is 28.1 Å². The second-order valence-electron chi connectivity index (χ2n) is 13.6. The minimum atomic E-state index is -1.10. The molecule has 284 valence electrons. The van der Waals surface area contributed by atoms with E-state index in [9.17, 15) is 19.2 Å². The van der Waals surface area contributed by atoms with Gasteiger partial charge in [-0.3, -0.25) is 14.4 Å². The molecule has 0 fully saturated rings. The third-order valence-electron chi connectivity index (χ3n) is 9.34. The predicted molar refractivity (Wildman–Crippen MR) is 210 cm³/mol. The number of alkyl carbamates (subject to hydrolysis) is 1. The number of carbonyl (C=O) groups excluding carboxylic acids is 4. The molecular formula is C42H48N4O7S. The lowest BCUT2D eigenvalue weighted by Gasteiger charge is -2.26. The third-order valence-corrected chi connectivity index (χ3v) is 10.7. The predicted octanol–water partition coefficient (Wildman–Crippen LogP) is 5.95. The highest BCUT2D eigenvalue weighted by Crippen LogP contribution is 2.44. The van der Waals surface area contributed by atoms with Crippen LogP contribution in [0, 0.1) is 5.92 Å². The average molecular weight is 753 g/mol. The number of primary amides is 1. The van der Waals surface area contributed by atoms with Gasteiger partial charge in [0.15, 0.2) is 0 Å². The number of amides is 4. The van der Waals surface area contributed by atoms with E-state index in [0.717, 1.165) is 33.4 Å². The molecule has 1 aliphatic carbocycles. The first kappa shape index (κ1) is 39.7. The second-order valence-corrected chi connectivity index (χ2v) is 14.7. The molecule has 11 nitrogen and oxygen atoms in total. The lowest BCUT2D eigenvalue weighted by Crippen LogP contribution is -2.57. The lowest BCUT2D eigenvalue weighted by atomic mass is 9.98. The highest BCUT2D eigenvalue weighted by molar-refractivity contribution is 7.99. The molecule has 4 aromatic carbocycles. The van der Waals surface area contributed by atoms with Gasteiger partial charge in [0.1, 0.15) is 36.2 Å². The highest BCUT2D eigenvalue weighted by Gasteiger charge is 2.32. The summed E-state index contributed by atoms with van der Waals surface area (Å²) in [7, 11) is 3.19. The van der Waals surface area contributed by atoms with Crippen LogP contribution in [0.5, 0.6) is 11.5 Å². The molecule has 0 saturated heterocycles. The zero-order valence-corrected chi connectivity index (χ0v) is 32.0. The molecule has 0 aliphatic heterocycles. The number of benzene rings is 4. The Labute approximate surface area is 320 Å². The van der Waals surface area contributed by atoms with Crippen molar-refractivity contribution >= 4 is 35.6 Å². The van der Waals surface area contributed by atoms with Crippen LogP contribution < -0.4 is 31.2 Å². The van der Waals surface area contributed by atoms with Crippen molar-refractivity contribution in [2.45, 2.75) is 56.5 Å². The minimum Gasteiger partial charge on any atom is -0.497 e. The molecule has 0 heterocycles. The number of carbonyl (C=O) groups is 4. The minimum absolute atomic E-state index is 0.0705. The number of methoxy groups -OCH3 is 2. The zero-order valence-electron chi connectivity index (χ0n) is 31.2. The fourth-order valence-electron chi connectivity index (χ4n) is 6.49. The summed E-state index contributed by atoms with van der Waals surface area (Å²) < 4.78 is 16.4. The van der Waals surface area contributed by atoms with Gasteiger partial charge in [0.2, 0.25) is 17.7 Å². The smallest absolute Gasteiger partial charge is 0.407 e. The first-order chi connectivity index (χ1) is 26.0. The van der Waals surface area contributed by atoms with Crippen molar-refractivity contribution in [3.8, 4) is 22.6 Å². The number of hydrogen-bond donors (Lipinski definition) is 4. The van der Waals surface area contributed by atoms with E-state index >= 15 is 0 Å². The number of hydrogen-bond acceptors (Lipinski definition) is 8. The monoisotopic (exact) mass is 752 g/mol. The van der Waals surface area contributed by atoms with Crippen LogP contribution in [0.15, 0.2) is 97.1 Å². The van der Waals surface area contributed by atoms with E-state index in [-0.39, 0.29) is 29.4 Å². The van der Waals surface area contributed by atoms with Crippen molar-refractivity contribution in [3.05, 3.63) is 119 Å². The summed E-state index contributed by atoms with van der Waals surface area (Å²) in [5.41, 5.74) is 11.9. The Bertz CT molecular complexity index is 1830. The van der Waals surface area contributed by atoms with E-state index < -0.39 is 41.9 Å². The van der Waals surface area contributed by atoms with Crippen LogP contribution in [0.25, 0.3) is 11.1 Å². The second kappa shape index (κ2) is 18.5. The van der Waals surface area contributed by atoms with Crippen LogP contribution in [0.4, 0.5) is 4.79 Å². The summed E-state index contributed by atoms with van der Waals surface area (Å²) in [6.45, 7) is 5.43. The van der Waals surface area contributed by atoms with Gasteiger partial charge in [0, 0.05) is 11.7 Å². The first-order valence-electron chi connectivity index (χ1n) is 17.9. The van der Waals surface area contributed by atoms with Gasteiger partial charge in [-0.2, -0.15) is 0 Å². The normalized spacial score (nSPS) is 13.6. The summed E-state index contributed by atoms with van der Waals surface area (Å²) in [6, 6.07) is 28.2. The zero-order chi connectivity index (χ0) is 38.8. The van der Waals surface area contributed by atoms with Crippen LogP contribution >= 0.6 is 11.8 Å². The van der Waals surface area contributed by atoms with Gasteiger partial charge >= 0.3 is 6.09 Å². The van der Waals surface area contributed by atoms with Crippen molar-refractivity contribution in [2.24, 2.45) is 11.7 Å². The summed E-state index contributed by atoms with van der Waals surface area (Å²) in [5.74, 6) is -0.414. The molecule has 12 heteroatoms. The van der Waals surface area contributed by atoms with Gasteiger partial charge in [0.25, 0.3) is 0 Å². The summed E-state index contributed by atoms with van der Waals surface area (Å²) in [6.07, 6.45) is -0.436. The Kier molecular flexibility index (Phi) is 13.6. The van der Waals surface area contributed by atoms with E-state index in [1.165, 1.54) is 18.7 Å². The molecule has 4 amide bonds. The Morgan fingerprint density at radius 1 is 0.685 bits per heavy atom. The number of fused-ring (bicyclic) bond motifs is 3. The molecule has 4 aromatic rings. The quantitative estimate of drug-likeness (QED) is 0.103. The van der Waals surface area contributed by atoms with Crippen LogP contribution in [-0.2, 0) is 19.1 Å². The maximum atomic E-state index is 13.8. The maximum absolute atomic E-state index is 13.8. The Morgan fingerprint density at radius 3 is 1.67 bits per heavy atom. The van der Waals surface area contributed by atoms with Gasteiger partial charge in [-0.15, -0.1) is 11.8 Å². The standard InChI is InChI=1S/C42H48N4O7S/c1-25(2)22-36(39(43)47)45-41(49)37(24-54-38(27-14-18-29(51-4)19-15-27)28-16-20-30(52-5)21-17-28)46-40(48)26(3)44-42(50)53-23-35-33-12-8-6-10-31(33)32-11-7-9-13-34(32)35/h6-21,25-26,35-38H,22-24H2,1-5H3,(H2,43,47)(H,44,50)(H,45,49)(H,46,48)/t26-,36-,37-/m0/s1. The summed E-state index contributed by atoms with van der Waals surface area (Å²) in [5, 5.41) is 7.90. The molecule has 0 aromatic heterocycles. The largest absolute Gasteiger partial charge is 0.497 e. The highest BCUT2D eigenvalue weighted by atomic mass is 32.2. The van der Waals surface area contributed by atoms with Gasteiger partial charge in [-0.05, 0) is 76.9 Å². The number of ether oxygens (including phenoxy) is 3. The van der Waals surface area contributed by atoms with E-state index in [1.54, 1.807) is 14.2 Å². The molecule has 5 rings (SSSR count). The van der Waals surface area contributed by atoms with Crippen molar-refractivity contribution in [2.75, 3.05) is 26.6 Å². The Balaban J connectivity index is 1.30. The summed E-state index contributed by atoms with van der Waals surface area (Å²) in [4.78, 5) is 52.8. The third kappa shape index (κ3) is 9.93. The Morgan fingerprint density at radius 2 is 1.19 bits per heavy atom. The number of rotatable bonds is 17. The molecule has 0 bridgehead atoms.